The van der Waals surface area contributed by atoms with Gasteiger partial charge in [-0.25, -0.2) is 0 Å². The molecule has 0 unspecified atom stereocenters. The maximum absolute atomic E-state index is 12.2. The number of furan rings is 1. The van der Waals surface area contributed by atoms with Crippen molar-refractivity contribution in [1.29, 1.82) is 0 Å². The van der Waals surface area contributed by atoms with E-state index in [0.29, 0.717) is 10.6 Å². The van der Waals surface area contributed by atoms with Gasteiger partial charge in [-0.15, -0.1) is 0 Å². The molecule has 3 aromatic rings. The molecule has 0 spiro atoms. The summed E-state index contributed by atoms with van der Waals surface area (Å²) in [4.78, 5) is 24.3. The second-order valence-electron chi connectivity index (χ2n) is 3.93. The molecular weight excluding hydrogens is 268 g/mol. The van der Waals surface area contributed by atoms with Crippen molar-refractivity contribution < 1.29 is 13.6 Å². The van der Waals surface area contributed by atoms with Crippen molar-refractivity contribution in [3.8, 4) is 0 Å². The molecule has 0 aliphatic carbocycles. The zero-order chi connectivity index (χ0) is 13.4. The van der Waals surface area contributed by atoms with Gasteiger partial charge in [0.25, 0.3) is 0 Å². The van der Waals surface area contributed by atoms with E-state index in [-0.39, 0.29) is 16.7 Å². The van der Waals surface area contributed by atoms with E-state index in [4.69, 9.17) is 20.4 Å². The summed E-state index contributed by atoms with van der Waals surface area (Å²) in [5.41, 5.74) is -0.125. The zero-order valence-electron chi connectivity index (χ0n) is 9.55. The molecule has 0 bridgehead atoms. The number of ketones is 1. The largest absolute Gasteiger partial charge is 0.463 e. The number of hydrogen-bond donors (Lipinski definition) is 0. The fraction of sp³-hybridized carbons (Fsp3) is 0. The molecule has 0 saturated carbocycles. The molecule has 19 heavy (non-hydrogen) atoms. The van der Waals surface area contributed by atoms with Crippen LogP contribution in [0.15, 0.2) is 56.5 Å². The van der Waals surface area contributed by atoms with Gasteiger partial charge >= 0.3 is 0 Å². The first-order valence-electron chi connectivity index (χ1n) is 5.46. The molecular formula is C14H7ClO4. The van der Waals surface area contributed by atoms with E-state index in [0.717, 1.165) is 6.26 Å². The van der Waals surface area contributed by atoms with Crippen LogP contribution >= 0.6 is 11.6 Å². The van der Waals surface area contributed by atoms with Gasteiger partial charge in [-0.1, -0.05) is 11.6 Å². The maximum Gasteiger partial charge on any atom is 0.235 e. The minimum atomic E-state index is -0.513. The van der Waals surface area contributed by atoms with Crippen LogP contribution in [0.25, 0.3) is 11.0 Å². The smallest absolute Gasteiger partial charge is 0.235 e. The number of carbonyl (C=O) groups is 1. The van der Waals surface area contributed by atoms with E-state index in [9.17, 15) is 9.59 Å². The van der Waals surface area contributed by atoms with Crippen LogP contribution < -0.4 is 5.43 Å². The molecule has 0 atom stereocenters. The lowest BCUT2D eigenvalue weighted by Crippen LogP contribution is -2.15. The fourth-order valence-corrected chi connectivity index (χ4v) is 1.97. The molecule has 0 N–H and O–H groups in total. The van der Waals surface area contributed by atoms with Crippen molar-refractivity contribution in [3.63, 3.8) is 0 Å². The van der Waals surface area contributed by atoms with Gasteiger partial charge in [0, 0.05) is 5.02 Å². The molecule has 0 saturated heterocycles. The van der Waals surface area contributed by atoms with Gasteiger partial charge < -0.3 is 8.83 Å². The zero-order valence-corrected chi connectivity index (χ0v) is 10.3. The van der Waals surface area contributed by atoms with E-state index >= 15 is 0 Å². The number of halogens is 1. The molecule has 1 aromatic carbocycles. The Labute approximate surface area is 112 Å². The predicted octanol–water partition coefficient (Wildman–Crippen LogP) is 3.27. The van der Waals surface area contributed by atoms with Gasteiger partial charge in [0.05, 0.1) is 11.6 Å². The van der Waals surface area contributed by atoms with E-state index < -0.39 is 11.2 Å². The second kappa shape index (κ2) is 4.40. The number of fused-ring (bicyclic) bond motifs is 1. The quantitative estimate of drug-likeness (QED) is 0.673. The van der Waals surface area contributed by atoms with Gasteiger partial charge in [0.2, 0.25) is 11.2 Å². The molecule has 0 fully saturated rings. The lowest BCUT2D eigenvalue weighted by molar-refractivity contribution is 0.101. The van der Waals surface area contributed by atoms with Crippen LogP contribution in [0.5, 0.6) is 0 Å². The minimum Gasteiger partial charge on any atom is -0.463 e. The van der Waals surface area contributed by atoms with Crippen molar-refractivity contribution in [2.45, 2.75) is 0 Å². The van der Waals surface area contributed by atoms with Crippen LogP contribution in [0.3, 0.4) is 0 Å². The van der Waals surface area contributed by atoms with Gasteiger partial charge in [0.15, 0.2) is 5.76 Å². The molecule has 2 aromatic heterocycles. The number of rotatable bonds is 2. The van der Waals surface area contributed by atoms with Crippen LogP contribution in [0.4, 0.5) is 0 Å². The number of hydrogen-bond acceptors (Lipinski definition) is 4. The van der Waals surface area contributed by atoms with E-state index in [1.165, 1.54) is 18.4 Å². The molecule has 0 aliphatic rings. The highest BCUT2D eigenvalue weighted by molar-refractivity contribution is 6.31. The predicted molar refractivity (Wildman–Crippen MR) is 69.6 cm³/mol. The monoisotopic (exact) mass is 274 g/mol. The van der Waals surface area contributed by atoms with E-state index in [1.807, 2.05) is 0 Å². The number of benzene rings is 1. The van der Waals surface area contributed by atoms with Crippen molar-refractivity contribution >= 4 is 28.4 Å². The van der Waals surface area contributed by atoms with Crippen LogP contribution in [0.1, 0.15) is 16.1 Å². The molecule has 94 valence electrons. The molecule has 0 aliphatic heterocycles. The molecule has 5 heteroatoms. The van der Waals surface area contributed by atoms with E-state index in [1.54, 1.807) is 18.2 Å². The average molecular weight is 275 g/mol. The molecule has 4 nitrogen and oxygen atoms in total. The van der Waals surface area contributed by atoms with Crippen LogP contribution in [-0.2, 0) is 0 Å². The standard InChI is InChI=1S/C14H7ClO4/c15-8-3-4-11-9(6-8)13(16)10(7-19-11)14(17)12-2-1-5-18-12/h1-7H. The normalized spacial score (nSPS) is 10.8. The third-order valence-corrected chi connectivity index (χ3v) is 2.96. The summed E-state index contributed by atoms with van der Waals surface area (Å²) >= 11 is 5.84. The van der Waals surface area contributed by atoms with Gasteiger partial charge in [0.1, 0.15) is 17.4 Å². The SMILES string of the molecule is O=C(c1ccco1)c1coc2ccc(Cl)cc2c1=O. The average Bonchev–Trinajstić information content (AvgIpc) is 2.93. The number of carbonyl (C=O) groups excluding carboxylic acids is 1. The molecule has 2 heterocycles. The Kier molecular flexibility index (Phi) is 2.72. The Bertz CT molecular complexity index is 815. The third-order valence-electron chi connectivity index (χ3n) is 2.72. The summed E-state index contributed by atoms with van der Waals surface area (Å²) in [5, 5.41) is 0.673. The molecule has 3 rings (SSSR count). The third kappa shape index (κ3) is 1.96. The van der Waals surface area contributed by atoms with Gasteiger partial charge in [-0.05, 0) is 30.3 Å². The Morgan fingerprint density at radius 2 is 2.00 bits per heavy atom. The minimum absolute atomic E-state index is 0.0790. The van der Waals surface area contributed by atoms with Crippen molar-refractivity contribution in [3.05, 3.63) is 69.4 Å². The van der Waals surface area contributed by atoms with E-state index in [2.05, 4.69) is 0 Å². The lowest BCUT2D eigenvalue weighted by atomic mass is 10.1. The van der Waals surface area contributed by atoms with Crippen LogP contribution in [-0.4, -0.2) is 5.78 Å². The Morgan fingerprint density at radius 3 is 2.74 bits per heavy atom. The lowest BCUT2D eigenvalue weighted by Gasteiger charge is -2.00. The summed E-state index contributed by atoms with van der Waals surface area (Å²) in [7, 11) is 0. The Hall–Kier alpha value is -2.33. The summed E-state index contributed by atoms with van der Waals surface area (Å²) in [6.07, 6.45) is 2.51. The highest BCUT2D eigenvalue weighted by atomic mass is 35.5. The van der Waals surface area contributed by atoms with Crippen LogP contribution in [0, 0.1) is 0 Å². The first kappa shape index (κ1) is 11.7. The Balaban J connectivity index is 2.23. The molecule has 0 radical (unpaired) electrons. The highest BCUT2D eigenvalue weighted by Gasteiger charge is 2.18. The summed E-state index contributed by atoms with van der Waals surface area (Å²) in [5.74, 6) is -0.422. The van der Waals surface area contributed by atoms with Gasteiger partial charge in [-0.2, -0.15) is 0 Å². The second-order valence-corrected chi connectivity index (χ2v) is 4.36. The van der Waals surface area contributed by atoms with Crippen molar-refractivity contribution in [1.82, 2.24) is 0 Å². The van der Waals surface area contributed by atoms with Gasteiger partial charge in [-0.3, -0.25) is 9.59 Å². The summed E-state index contributed by atoms with van der Waals surface area (Å²) in [6, 6.07) is 7.74. The highest BCUT2D eigenvalue weighted by Crippen LogP contribution is 2.18. The topological polar surface area (TPSA) is 60.4 Å². The fourth-order valence-electron chi connectivity index (χ4n) is 1.80. The first-order valence-corrected chi connectivity index (χ1v) is 5.84. The maximum atomic E-state index is 12.2. The van der Waals surface area contributed by atoms with Crippen molar-refractivity contribution in [2.24, 2.45) is 0 Å². The first-order chi connectivity index (χ1) is 9.16. The summed E-state index contributed by atoms with van der Waals surface area (Å²) in [6.45, 7) is 0. The Morgan fingerprint density at radius 1 is 1.16 bits per heavy atom. The van der Waals surface area contributed by atoms with Crippen LogP contribution in [0.2, 0.25) is 5.02 Å². The summed E-state index contributed by atoms with van der Waals surface area (Å²) < 4.78 is 10.3. The van der Waals surface area contributed by atoms with Crippen molar-refractivity contribution in [2.75, 3.05) is 0 Å². The molecule has 0 amide bonds.